The number of likely N-dealkylation sites (N-methyl/N-ethyl adjacent to an activating group) is 1. The summed E-state index contributed by atoms with van der Waals surface area (Å²) in [5, 5.41) is 20.4. The number of rotatable bonds is 7. The number of nitrogens with zero attached hydrogens (tertiary/aromatic N) is 8. The van der Waals surface area contributed by atoms with Gasteiger partial charge in [-0.15, -0.1) is 17.5 Å². The Kier molecular flexibility index (Phi) is 8.56. The average Bonchev–Trinajstić information content (AvgIpc) is 3.43. The van der Waals surface area contributed by atoms with Crippen LogP contribution in [-0.2, 0) is 6.54 Å². The minimum absolute atomic E-state index is 0. The summed E-state index contributed by atoms with van der Waals surface area (Å²) >= 11 is 5.93. The summed E-state index contributed by atoms with van der Waals surface area (Å²) in [5.74, 6) is -0.253. The van der Waals surface area contributed by atoms with Crippen LogP contribution in [-0.4, -0.2) is 79.4 Å². The number of nitrogens with one attached hydrogen (secondary N) is 1. The molecule has 0 aliphatic carbocycles. The molecular weight excluding hydrogens is 483 g/mol. The molecule has 3 N–H and O–H groups in total. The Labute approximate surface area is 207 Å². The molecule has 14 heteroatoms. The van der Waals surface area contributed by atoms with Gasteiger partial charge in [-0.3, -0.25) is 9.69 Å². The second-order valence-corrected chi connectivity index (χ2v) is 8.06. The Balaban J connectivity index is 0.00000324. The molecule has 4 rings (SSSR count). The van der Waals surface area contributed by atoms with E-state index in [-0.39, 0.29) is 29.7 Å². The molecule has 182 valence electrons. The van der Waals surface area contributed by atoms with E-state index in [0.717, 1.165) is 38.3 Å². The fourth-order valence-corrected chi connectivity index (χ4v) is 3.67. The number of anilines is 1. The van der Waals surface area contributed by atoms with Crippen LogP contribution in [0.4, 0.5) is 5.82 Å². The van der Waals surface area contributed by atoms with Gasteiger partial charge in [0.1, 0.15) is 0 Å². The van der Waals surface area contributed by atoms with Gasteiger partial charge in [-0.05, 0) is 41.5 Å². The van der Waals surface area contributed by atoms with E-state index in [4.69, 9.17) is 22.0 Å². The minimum Gasteiger partial charge on any atom is -0.378 e. The molecule has 0 atom stereocenters. The molecule has 1 aromatic carbocycles. The smallest absolute Gasteiger partial charge is 0.293 e. The maximum atomic E-state index is 13.0. The topological polar surface area (TPSA) is 144 Å². The molecule has 34 heavy (non-hydrogen) atoms. The highest BCUT2D eigenvalue weighted by molar-refractivity contribution is 6.30. The van der Waals surface area contributed by atoms with E-state index in [1.807, 2.05) is 12.1 Å². The first-order valence-corrected chi connectivity index (χ1v) is 10.9. The highest BCUT2D eigenvalue weighted by Crippen LogP contribution is 2.18. The lowest BCUT2D eigenvalue weighted by atomic mass is 10.1. The summed E-state index contributed by atoms with van der Waals surface area (Å²) in [6.45, 7) is 8.95. The van der Waals surface area contributed by atoms with Gasteiger partial charge in [-0.25, -0.2) is 10.1 Å². The van der Waals surface area contributed by atoms with E-state index >= 15 is 0 Å². The maximum Gasteiger partial charge on any atom is 0.293 e. The normalized spacial score (nSPS) is 15.2. The van der Waals surface area contributed by atoms with Crippen LogP contribution < -0.4 is 11.2 Å². The third-order valence-electron chi connectivity index (χ3n) is 5.55. The second kappa shape index (κ2) is 11.4. The van der Waals surface area contributed by atoms with E-state index in [1.165, 1.54) is 4.68 Å². The molecule has 2 aromatic heterocycles. The molecule has 1 saturated heterocycles. The zero-order chi connectivity index (χ0) is 23.4. The van der Waals surface area contributed by atoms with Crippen LogP contribution in [0.3, 0.4) is 0 Å². The molecule has 0 spiro atoms. The Bertz CT molecular complexity index is 1140. The van der Waals surface area contributed by atoms with Gasteiger partial charge < -0.3 is 10.6 Å². The van der Waals surface area contributed by atoms with Crippen LogP contribution in [0.25, 0.3) is 5.82 Å². The zero-order valence-electron chi connectivity index (χ0n) is 18.8. The Morgan fingerprint density at radius 2 is 1.85 bits per heavy atom. The zero-order valence-corrected chi connectivity index (χ0v) is 20.4. The van der Waals surface area contributed by atoms with Gasteiger partial charge >= 0.3 is 0 Å². The maximum absolute atomic E-state index is 13.0. The molecule has 1 aliphatic rings. The summed E-state index contributed by atoms with van der Waals surface area (Å²) in [7, 11) is 0. The number of amides is 1. The number of halogens is 2. The first-order chi connectivity index (χ1) is 16.0. The highest BCUT2D eigenvalue weighted by atomic mass is 35.5. The molecule has 3 aromatic rings. The van der Waals surface area contributed by atoms with Crippen molar-refractivity contribution >= 4 is 41.4 Å². The van der Waals surface area contributed by atoms with Gasteiger partial charge in [0, 0.05) is 37.7 Å². The summed E-state index contributed by atoms with van der Waals surface area (Å²) in [5.41, 5.74) is 10.5. The molecule has 0 bridgehead atoms. The molecule has 12 nitrogen and oxygen atoms in total. The van der Waals surface area contributed by atoms with Crippen LogP contribution in [0.1, 0.15) is 35.6 Å². The van der Waals surface area contributed by atoms with Crippen molar-refractivity contribution in [1.82, 2.24) is 40.5 Å². The number of carbonyl (C=O) groups excluding carboxylic acids is 1. The predicted molar refractivity (Wildman–Crippen MR) is 129 cm³/mol. The Hall–Kier alpha value is -3.06. The second-order valence-electron chi connectivity index (χ2n) is 7.63. The number of nitrogens with two attached hydrogens (primary N) is 1. The Morgan fingerprint density at radius 3 is 2.47 bits per heavy atom. The van der Waals surface area contributed by atoms with Crippen LogP contribution in [0.15, 0.2) is 34.0 Å². The summed E-state index contributed by atoms with van der Waals surface area (Å²) in [4.78, 5) is 17.6. The van der Waals surface area contributed by atoms with Crippen LogP contribution >= 0.6 is 24.0 Å². The third kappa shape index (κ3) is 5.70. The van der Waals surface area contributed by atoms with Crippen LogP contribution in [0, 0.1) is 0 Å². The van der Waals surface area contributed by atoms with Crippen molar-refractivity contribution in [2.75, 3.05) is 38.5 Å². The number of aromatic nitrogens is 5. The average molecular weight is 509 g/mol. The molecule has 1 amide bonds. The number of carbonyl (C=O) groups is 1. The summed E-state index contributed by atoms with van der Waals surface area (Å²) in [6, 6.07) is 7.17. The predicted octanol–water partition coefficient (Wildman–Crippen LogP) is 1.60. The van der Waals surface area contributed by atoms with Crippen molar-refractivity contribution in [3.63, 3.8) is 0 Å². The van der Waals surface area contributed by atoms with Gasteiger partial charge in [0.15, 0.2) is 5.69 Å². The number of piperazine rings is 1. The molecule has 3 heterocycles. The van der Waals surface area contributed by atoms with E-state index in [2.05, 4.69) is 47.9 Å². The van der Waals surface area contributed by atoms with E-state index in [0.29, 0.717) is 23.0 Å². The lowest BCUT2D eigenvalue weighted by Gasteiger charge is -2.33. The molecule has 0 radical (unpaired) electrons. The van der Waals surface area contributed by atoms with E-state index in [9.17, 15) is 4.79 Å². The molecule has 0 saturated carbocycles. The monoisotopic (exact) mass is 508 g/mol. The van der Waals surface area contributed by atoms with Crippen molar-refractivity contribution < 1.29 is 9.42 Å². The van der Waals surface area contributed by atoms with Crippen molar-refractivity contribution in [1.29, 1.82) is 0 Å². The molecule has 1 aliphatic heterocycles. The highest BCUT2D eigenvalue weighted by Gasteiger charge is 2.27. The fraction of sp³-hybridized carbons (Fsp3) is 0.400. The van der Waals surface area contributed by atoms with Crippen molar-refractivity contribution in [3.8, 4) is 5.82 Å². The van der Waals surface area contributed by atoms with Crippen LogP contribution in [0.2, 0.25) is 5.02 Å². The van der Waals surface area contributed by atoms with Gasteiger partial charge in [-0.1, -0.05) is 35.9 Å². The number of hydrogen-bond donors (Lipinski definition) is 2. The number of nitrogen functional groups attached to an aromatic ring is 1. The van der Waals surface area contributed by atoms with Gasteiger partial charge in [0.25, 0.3) is 5.91 Å². The quantitative estimate of drug-likeness (QED) is 0.359. The molecule has 0 unspecified atom stereocenters. The van der Waals surface area contributed by atoms with Crippen molar-refractivity contribution in [3.05, 3.63) is 46.2 Å². The SMILES string of the molecule is CCN1CCN(Cc2c(C(=O)N/N=C(\C)c3ccc(Cl)cc3)nnn2-c2nonc2N)CC1.Cl. The minimum atomic E-state index is -0.494. The Morgan fingerprint density at radius 1 is 1.18 bits per heavy atom. The van der Waals surface area contributed by atoms with Crippen molar-refractivity contribution in [2.24, 2.45) is 5.10 Å². The third-order valence-corrected chi connectivity index (χ3v) is 5.80. The summed E-state index contributed by atoms with van der Waals surface area (Å²) in [6.07, 6.45) is 0. The number of benzene rings is 1. The van der Waals surface area contributed by atoms with Gasteiger partial charge in [0.2, 0.25) is 11.6 Å². The first kappa shape index (κ1) is 25.6. The van der Waals surface area contributed by atoms with Gasteiger partial charge in [-0.2, -0.15) is 9.78 Å². The lowest BCUT2D eigenvalue weighted by Crippen LogP contribution is -2.46. The first-order valence-electron chi connectivity index (χ1n) is 10.5. The molecule has 1 fully saturated rings. The lowest BCUT2D eigenvalue weighted by molar-refractivity contribution is 0.0944. The van der Waals surface area contributed by atoms with E-state index < -0.39 is 5.91 Å². The number of hydrogen-bond acceptors (Lipinski definition) is 10. The fourth-order valence-electron chi connectivity index (χ4n) is 3.55. The molecular formula is C20H26Cl2N10O2. The number of hydrazone groups is 1. The van der Waals surface area contributed by atoms with Crippen LogP contribution in [0.5, 0.6) is 0 Å². The van der Waals surface area contributed by atoms with E-state index in [1.54, 1.807) is 19.1 Å². The standard InChI is InChI=1S/C20H25ClN10O2.ClH/c1-3-29-8-10-30(11-9-29)12-16-17(24-28-31(16)19-18(22)26-33-27-19)20(32)25-23-13(2)14-4-6-15(21)7-5-14;/h4-7H,3,8-12H2,1-2H3,(H2,22,26)(H,25,32);1H/b23-13+;. The largest absolute Gasteiger partial charge is 0.378 e. The van der Waals surface area contributed by atoms with Crippen molar-refractivity contribution in [2.45, 2.75) is 20.4 Å². The van der Waals surface area contributed by atoms with Gasteiger partial charge in [0.05, 0.1) is 11.4 Å². The summed E-state index contributed by atoms with van der Waals surface area (Å²) < 4.78 is 6.11.